The van der Waals surface area contributed by atoms with Crippen molar-refractivity contribution in [2.24, 2.45) is 0 Å². The average molecular weight is 564 g/mol. The zero-order chi connectivity index (χ0) is 28.5. The van der Waals surface area contributed by atoms with E-state index in [0.717, 1.165) is 12.0 Å². The van der Waals surface area contributed by atoms with Gasteiger partial charge in [0.2, 0.25) is 5.91 Å². The van der Waals surface area contributed by atoms with Crippen molar-refractivity contribution in [3.63, 3.8) is 0 Å². The minimum absolute atomic E-state index is 0.109. The first-order chi connectivity index (χ1) is 19.7. The van der Waals surface area contributed by atoms with Gasteiger partial charge in [0.05, 0.1) is 79.3 Å². The highest BCUT2D eigenvalue weighted by Crippen LogP contribution is 2.15. The third-order valence-electron chi connectivity index (χ3n) is 5.04. The number of carbonyl (C=O) groups excluding carboxylic acids is 2. The van der Waals surface area contributed by atoms with Gasteiger partial charge in [-0.25, -0.2) is 0 Å². The molecule has 0 spiro atoms. The van der Waals surface area contributed by atoms with Crippen LogP contribution in [0.4, 0.5) is 5.69 Å². The van der Waals surface area contributed by atoms with Gasteiger partial charge in [0.1, 0.15) is 31.0 Å². The van der Waals surface area contributed by atoms with Crippen LogP contribution in [0.2, 0.25) is 0 Å². The predicted molar refractivity (Wildman–Crippen MR) is 148 cm³/mol. The first-order valence-corrected chi connectivity index (χ1v) is 13.3. The molecule has 0 heterocycles. The van der Waals surface area contributed by atoms with Crippen LogP contribution in [0.3, 0.4) is 0 Å². The number of nitrogens with one attached hydrogen (secondary N) is 1. The van der Waals surface area contributed by atoms with Gasteiger partial charge in [-0.2, -0.15) is 0 Å². The van der Waals surface area contributed by atoms with Crippen LogP contribution in [-0.2, 0) is 33.2 Å². The van der Waals surface area contributed by atoms with Crippen molar-refractivity contribution in [1.29, 1.82) is 0 Å². The number of amides is 1. The number of hydrogen-bond acceptors (Lipinski definition) is 10. The molecule has 0 bridgehead atoms. The molecular formula is C29H41NO10. The normalized spacial score (nSPS) is 10.8. The van der Waals surface area contributed by atoms with Gasteiger partial charge in [0.25, 0.3) is 0 Å². The van der Waals surface area contributed by atoms with Crippen molar-refractivity contribution >= 4 is 17.9 Å². The Morgan fingerprint density at radius 1 is 0.550 bits per heavy atom. The summed E-state index contributed by atoms with van der Waals surface area (Å²) in [4.78, 5) is 21.6. The Kier molecular flexibility index (Phi) is 18.8. The molecule has 1 amide bonds. The Balaban J connectivity index is 1.23. The number of anilines is 1. The fourth-order valence-electron chi connectivity index (χ4n) is 3.12. The van der Waals surface area contributed by atoms with E-state index < -0.39 is 0 Å². The van der Waals surface area contributed by atoms with Crippen LogP contribution in [0.5, 0.6) is 11.5 Å². The maximum absolute atomic E-state index is 11.0. The van der Waals surface area contributed by atoms with Crippen molar-refractivity contribution in [2.45, 2.75) is 6.92 Å². The van der Waals surface area contributed by atoms with E-state index in [2.05, 4.69) is 5.32 Å². The van der Waals surface area contributed by atoms with Gasteiger partial charge in [-0.15, -0.1) is 0 Å². The highest BCUT2D eigenvalue weighted by atomic mass is 16.6. The lowest BCUT2D eigenvalue weighted by atomic mass is 10.2. The highest BCUT2D eigenvalue weighted by molar-refractivity contribution is 5.88. The second kappa shape index (κ2) is 22.7. The summed E-state index contributed by atoms with van der Waals surface area (Å²) >= 11 is 0. The molecule has 0 saturated carbocycles. The first-order valence-electron chi connectivity index (χ1n) is 13.3. The summed E-state index contributed by atoms with van der Waals surface area (Å²) in [6, 6.07) is 14.1. The van der Waals surface area contributed by atoms with E-state index in [4.69, 9.17) is 37.9 Å². The fraction of sp³-hybridized carbons (Fsp3) is 0.517. The van der Waals surface area contributed by atoms with Gasteiger partial charge in [-0.05, 0) is 48.5 Å². The molecule has 0 aromatic heterocycles. The molecule has 11 nitrogen and oxygen atoms in total. The van der Waals surface area contributed by atoms with Crippen molar-refractivity contribution in [2.75, 3.05) is 97.8 Å². The van der Waals surface area contributed by atoms with E-state index in [1.807, 2.05) is 0 Å². The van der Waals surface area contributed by atoms with E-state index in [0.29, 0.717) is 110 Å². The summed E-state index contributed by atoms with van der Waals surface area (Å²) < 4.78 is 43.9. The van der Waals surface area contributed by atoms with Crippen LogP contribution in [-0.4, -0.2) is 105 Å². The molecule has 222 valence electrons. The predicted octanol–water partition coefficient (Wildman–Crippen LogP) is 3.01. The lowest BCUT2D eigenvalue weighted by molar-refractivity contribution is -0.114. The van der Waals surface area contributed by atoms with E-state index in [1.54, 1.807) is 48.5 Å². The average Bonchev–Trinajstić information content (AvgIpc) is 2.96. The lowest BCUT2D eigenvalue weighted by Gasteiger charge is -2.09. The summed E-state index contributed by atoms with van der Waals surface area (Å²) in [5.74, 6) is 1.31. The second-order valence-electron chi connectivity index (χ2n) is 8.26. The molecule has 2 aromatic rings. The van der Waals surface area contributed by atoms with Crippen LogP contribution in [0.1, 0.15) is 17.3 Å². The number of carbonyl (C=O) groups is 2. The topological polar surface area (TPSA) is 120 Å². The van der Waals surface area contributed by atoms with E-state index in [1.165, 1.54) is 6.92 Å². The lowest BCUT2D eigenvalue weighted by Crippen LogP contribution is -2.15. The van der Waals surface area contributed by atoms with Crippen molar-refractivity contribution < 1.29 is 47.5 Å². The molecule has 1 N–H and O–H groups in total. The summed E-state index contributed by atoms with van der Waals surface area (Å²) in [5, 5.41) is 2.70. The van der Waals surface area contributed by atoms with Gasteiger partial charge >= 0.3 is 0 Å². The van der Waals surface area contributed by atoms with E-state index in [9.17, 15) is 9.59 Å². The molecule has 0 aliphatic heterocycles. The molecule has 0 unspecified atom stereocenters. The minimum atomic E-state index is -0.109. The van der Waals surface area contributed by atoms with Crippen molar-refractivity contribution in [3.8, 4) is 11.5 Å². The molecular weight excluding hydrogens is 522 g/mol. The van der Waals surface area contributed by atoms with Crippen LogP contribution in [0, 0.1) is 0 Å². The molecule has 0 fully saturated rings. The molecule has 2 rings (SSSR count). The smallest absolute Gasteiger partial charge is 0.221 e. The molecule has 11 heteroatoms. The summed E-state index contributed by atoms with van der Waals surface area (Å²) in [6.45, 7) is 8.09. The van der Waals surface area contributed by atoms with Gasteiger partial charge in [0.15, 0.2) is 0 Å². The Bertz CT molecular complexity index is 908. The van der Waals surface area contributed by atoms with E-state index in [-0.39, 0.29) is 5.91 Å². The molecule has 40 heavy (non-hydrogen) atoms. The summed E-state index contributed by atoms with van der Waals surface area (Å²) in [6.07, 6.45) is 0.795. The molecule has 0 radical (unpaired) electrons. The molecule has 0 aliphatic carbocycles. The maximum Gasteiger partial charge on any atom is 0.221 e. The Morgan fingerprint density at radius 3 is 1.20 bits per heavy atom. The van der Waals surface area contributed by atoms with Gasteiger partial charge in [0, 0.05) is 18.2 Å². The van der Waals surface area contributed by atoms with Crippen molar-refractivity contribution in [3.05, 3.63) is 54.1 Å². The maximum atomic E-state index is 11.0. The quantitative estimate of drug-likeness (QED) is 0.143. The molecule has 2 aromatic carbocycles. The summed E-state index contributed by atoms with van der Waals surface area (Å²) in [7, 11) is 0. The number of ether oxygens (including phenoxy) is 8. The van der Waals surface area contributed by atoms with Crippen molar-refractivity contribution in [1.82, 2.24) is 0 Å². The van der Waals surface area contributed by atoms with Crippen LogP contribution >= 0.6 is 0 Å². The number of aldehydes is 1. The van der Waals surface area contributed by atoms with Gasteiger partial charge in [-0.3, -0.25) is 9.59 Å². The Labute approximate surface area is 235 Å². The number of hydrogen-bond donors (Lipinski definition) is 1. The van der Waals surface area contributed by atoms with E-state index >= 15 is 0 Å². The number of benzene rings is 2. The number of rotatable bonds is 25. The van der Waals surface area contributed by atoms with Crippen LogP contribution in [0.25, 0.3) is 0 Å². The summed E-state index contributed by atoms with van der Waals surface area (Å²) in [5.41, 5.74) is 1.35. The molecule has 0 atom stereocenters. The standard InChI is InChI=1S/C29H41NO10/c1-25(32)30-27-4-8-29(9-5-27)40-23-21-38-19-17-36-15-13-34-11-10-33-12-14-35-16-18-37-20-22-39-28-6-2-26(24-31)3-7-28/h2-9,24H,10-23H2,1H3,(H,30,32). The van der Waals surface area contributed by atoms with Gasteiger partial charge in [-0.1, -0.05) is 0 Å². The fourth-order valence-corrected chi connectivity index (χ4v) is 3.12. The van der Waals surface area contributed by atoms with Crippen LogP contribution < -0.4 is 14.8 Å². The Morgan fingerprint density at radius 2 is 0.875 bits per heavy atom. The monoisotopic (exact) mass is 563 g/mol. The largest absolute Gasteiger partial charge is 0.491 e. The van der Waals surface area contributed by atoms with Gasteiger partial charge < -0.3 is 43.2 Å². The highest BCUT2D eigenvalue weighted by Gasteiger charge is 1.99. The minimum Gasteiger partial charge on any atom is -0.491 e. The molecule has 0 aliphatic rings. The zero-order valence-electron chi connectivity index (χ0n) is 23.2. The SMILES string of the molecule is CC(=O)Nc1ccc(OCCOCCOCCOCCOCCOCCOCCOc2ccc(C=O)cc2)cc1. The third kappa shape index (κ3) is 17.5. The third-order valence-corrected chi connectivity index (χ3v) is 5.04. The zero-order valence-corrected chi connectivity index (χ0v) is 23.2. The molecule has 0 saturated heterocycles. The second-order valence-corrected chi connectivity index (χ2v) is 8.26. The first kappa shape index (κ1) is 33.1. The Hall–Kier alpha value is -3.06. The van der Waals surface area contributed by atoms with Crippen LogP contribution in [0.15, 0.2) is 48.5 Å².